The maximum Gasteiger partial charge on any atom is 0.262 e. The van der Waals surface area contributed by atoms with E-state index in [2.05, 4.69) is 9.47 Å². The van der Waals surface area contributed by atoms with Gasteiger partial charge in [-0.3, -0.25) is 14.5 Å². The molecule has 174 valence electrons. The molecule has 1 atom stereocenters. The summed E-state index contributed by atoms with van der Waals surface area (Å²) in [5.41, 5.74) is 10.8. The van der Waals surface area contributed by atoms with Crippen LogP contribution >= 0.6 is 0 Å². The van der Waals surface area contributed by atoms with E-state index in [0.717, 1.165) is 28.4 Å². The van der Waals surface area contributed by atoms with E-state index in [4.69, 9.17) is 10.5 Å². The second-order valence-electron chi connectivity index (χ2n) is 9.26. The number of anilines is 1. The van der Waals surface area contributed by atoms with Gasteiger partial charge in [0.05, 0.1) is 16.6 Å². The third-order valence-electron chi connectivity index (χ3n) is 6.48. The van der Waals surface area contributed by atoms with Gasteiger partial charge in [-0.2, -0.15) is 0 Å². The van der Waals surface area contributed by atoms with Gasteiger partial charge in [0.1, 0.15) is 11.9 Å². The van der Waals surface area contributed by atoms with Crippen molar-refractivity contribution in [3.8, 4) is 16.9 Å². The van der Waals surface area contributed by atoms with Crippen molar-refractivity contribution in [1.29, 1.82) is 0 Å². The van der Waals surface area contributed by atoms with E-state index in [0.29, 0.717) is 33.7 Å². The van der Waals surface area contributed by atoms with E-state index < -0.39 is 0 Å². The van der Waals surface area contributed by atoms with E-state index in [1.807, 2.05) is 70.5 Å². The predicted octanol–water partition coefficient (Wildman–Crippen LogP) is 4.14. The van der Waals surface area contributed by atoms with E-state index in [1.54, 1.807) is 6.07 Å². The first-order valence-electron chi connectivity index (χ1n) is 11.3. The molecule has 7 nitrogen and oxygen atoms in total. The summed E-state index contributed by atoms with van der Waals surface area (Å²) in [6, 6.07) is 15.3. The zero-order chi connectivity index (χ0) is 24.3. The van der Waals surface area contributed by atoms with Crippen LogP contribution in [-0.2, 0) is 7.05 Å². The van der Waals surface area contributed by atoms with Crippen LogP contribution in [0, 0.1) is 0 Å². The quantitative estimate of drug-likeness (QED) is 0.361. The van der Waals surface area contributed by atoms with Gasteiger partial charge in [-0.15, -0.1) is 0 Å². The lowest BCUT2D eigenvalue weighted by molar-refractivity contribution is 0.0694. The van der Waals surface area contributed by atoms with Gasteiger partial charge in [0, 0.05) is 53.7 Å². The molecule has 5 rings (SSSR count). The Morgan fingerprint density at radius 3 is 2.38 bits per heavy atom. The van der Waals surface area contributed by atoms with Gasteiger partial charge < -0.3 is 19.9 Å². The summed E-state index contributed by atoms with van der Waals surface area (Å²) in [5.74, 6) is 0.00812. The molecule has 1 aliphatic rings. The van der Waals surface area contributed by atoms with E-state index in [1.165, 1.54) is 11.9 Å². The summed E-state index contributed by atoms with van der Waals surface area (Å²) in [6.07, 6.45) is -0.0909. The SMILES string of the molecule is CC(CN(C)C)Oc1ccc(N)cc1-c1cc2c(c3c1C(=O)N(C)C3=O)c1ccccc1n2C. The lowest BCUT2D eigenvalue weighted by atomic mass is 9.92. The number of ether oxygens (including phenoxy) is 1. The molecule has 7 heteroatoms. The Bertz CT molecular complexity index is 1480. The molecule has 0 spiro atoms. The number of para-hydroxylation sites is 1. The number of nitrogens with two attached hydrogens (primary N) is 1. The number of aryl methyl sites for hydroxylation is 1. The van der Waals surface area contributed by atoms with Gasteiger partial charge >= 0.3 is 0 Å². The van der Waals surface area contributed by atoms with Crippen LogP contribution in [0.5, 0.6) is 5.75 Å². The van der Waals surface area contributed by atoms with Crippen molar-refractivity contribution in [1.82, 2.24) is 14.4 Å². The summed E-state index contributed by atoms with van der Waals surface area (Å²) < 4.78 is 8.36. The number of hydrogen-bond donors (Lipinski definition) is 1. The molecular weight excluding hydrogens is 428 g/mol. The highest BCUT2D eigenvalue weighted by atomic mass is 16.5. The highest BCUT2D eigenvalue weighted by Crippen LogP contribution is 2.44. The van der Waals surface area contributed by atoms with Gasteiger partial charge in [0.25, 0.3) is 11.8 Å². The van der Waals surface area contributed by atoms with Crippen molar-refractivity contribution < 1.29 is 14.3 Å². The number of likely N-dealkylation sites (N-methyl/N-ethyl adjacent to an activating group) is 1. The zero-order valence-electron chi connectivity index (χ0n) is 20.0. The molecule has 1 aromatic heterocycles. The van der Waals surface area contributed by atoms with Crippen LogP contribution in [0.3, 0.4) is 0 Å². The van der Waals surface area contributed by atoms with Crippen LogP contribution in [0.2, 0.25) is 0 Å². The minimum absolute atomic E-state index is 0.0909. The van der Waals surface area contributed by atoms with Crippen LogP contribution in [0.1, 0.15) is 27.6 Å². The Labute approximate surface area is 198 Å². The minimum Gasteiger partial charge on any atom is -0.489 e. The summed E-state index contributed by atoms with van der Waals surface area (Å²) in [4.78, 5) is 30.0. The van der Waals surface area contributed by atoms with Gasteiger partial charge in [-0.25, -0.2) is 0 Å². The van der Waals surface area contributed by atoms with Crippen LogP contribution in [0.15, 0.2) is 48.5 Å². The Balaban J connectivity index is 1.84. The largest absolute Gasteiger partial charge is 0.489 e. The first kappa shape index (κ1) is 22.0. The summed E-state index contributed by atoms with van der Waals surface area (Å²) in [6.45, 7) is 2.73. The number of aromatic nitrogens is 1. The molecular formula is C27H28N4O3. The van der Waals surface area contributed by atoms with Crippen LogP contribution in [-0.4, -0.2) is 60.0 Å². The fourth-order valence-corrected chi connectivity index (χ4v) is 5.02. The third-order valence-corrected chi connectivity index (χ3v) is 6.48. The van der Waals surface area contributed by atoms with Crippen molar-refractivity contribution in [3.63, 3.8) is 0 Å². The second-order valence-corrected chi connectivity index (χ2v) is 9.26. The van der Waals surface area contributed by atoms with Gasteiger partial charge in [0.15, 0.2) is 0 Å². The second kappa shape index (κ2) is 7.88. The van der Waals surface area contributed by atoms with Crippen molar-refractivity contribution in [2.75, 3.05) is 33.4 Å². The normalized spacial score (nSPS) is 14.5. The van der Waals surface area contributed by atoms with E-state index in [-0.39, 0.29) is 17.9 Å². The van der Waals surface area contributed by atoms with E-state index in [9.17, 15) is 9.59 Å². The van der Waals surface area contributed by atoms with Crippen molar-refractivity contribution in [3.05, 3.63) is 59.7 Å². The van der Waals surface area contributed by atoms with Gasteiger partial charge in [0.2, 0.25) is 0 Å². The molecule has 0 fully saturated rings. The zero-order valence-corrected chi connectivity index (χ0v) is 20.0. The molecule has 34 heavy (non-hydrogen) atoms. The molecule has 0 bridgehead atoms. The number of carbonyl (C=O) groups excluding carboxylic acids is 2. The first-order valence-corrected chi connectivity index (χ1v) is 11.3. The Hall–Kier alpha value is -3.84. The van der Waals surface area contributed by atoms with Crippen molar-refractivity contribution in [2.45, 2.75) is 13.0 Å². The molecule has 0 aliphatic carbocycles. The van der Waals surface area contributed by atoms with Crippen LogP contribution in [0.4, 0.5) is 5.69 Å². The lowest BCUT2D eigenvalue weighted by Crippen LogP contribution is -2.28. The number of nitrogen functional groups attached to an aromatic ring is 1. The fourth-order valence-electron chi connectivity index (χ4n) is 5.02. The maximum absolute atomic E-state index is 13.4. The molecule has 0 saturated heterocycles. The first-order chi connectivity index (χ1) is 16.2. The molecule has 2 heterocycles. The standard InChI is InChI=1S/C27H28N4O3/c1-15(14-29(2)3)34-22-11-10-16(28)12-18(22)19-13-21-23(17-8-6-7-9-20(17)30(21)4)25-24(19)26(32)31(5)27(25)33/h6-13,15H,14,28H2,1-5H3. The van der Waals surface area contributed by atoms with Crippen molar-refractivity contribution >= 4 is 39.3 Å². The number of fused-ring (bicyclic) bond motifs is 5. The number of nitrogens with zero attached hydrogens (tertiary/aromatic N) is 3. The highest BCUT2D eigenvalue weighted by Gasteiger charge is 2.39. The number of benzene rings is 3. The smallest absolute Gasteiger partial charge is 0.262 e. The molecule has 2 amide bonds. The summed E-state index contributed by atoms with van der Waals surface area (Å²) >= 11 is 0. The third kappa shape index (κ3) is 3.23. The summed E-state index contributed by atoms with van der Waals surface area (Å²) in [5, 5.41) is 1.75. The van der Waals surface area contributed by atoms with Crippen LogP contribution in [0.25, 0.3) is 32.9 Å². The maximum atomic E-state index is 13.4. The monoisotopic (exact) mass is 456 g/mol. The molecule has 0 saturated carbocycles. The molecule has 1 unspecified atom stereocenters. The Morgan fingerprint density at radius 1 is 0.941 bits per heavy atom. The number of carbonyl (C=O) groups is 2. The summed E-state index contributed by atoms with van der Waals surface area (Å²) in [7, 11) is 7.48. The fraction of sp³-hybridized carbons (Fsp3) is 0.259. The van der Waals surface area contributed by atoms with Gasteiger partial charge in [-0.05, 0) is 51.4 Å². The minimum atomic E-state index is -0.320. The average Bonchev–Trinajstić information content (AvgIpc) is 3.20. The molecule has 3 aromatic carbocycles. The number of hydrogen-bond acceptors (Lipinski definition) is 5. The predicted molar refractivity (Wildman–Crippen MR) is 135 cm³/mol. The van der Waals surface area contributed by atoms with Crippen molar-refractivity contribution in [2.24, 2.45) is 7.05 Å². The Kier molecular flexibility index (Phi) is 5.10. The topological polar surface area (TPSA) is 80.8 Å². The lowest BCUT2D eigenvalue weighted by Gasteiger charge is -2.21. The highest BCUT2D eigenvalue weighted by molar-refractivity contribution is 6.32. The average molecular weight is 457 g/mol. The molecule has 2 N–H and O–H groups in total. The molecule has 1 aliphatic heterocycles. The number of amides is 2. The molecule has 0 radical (unpaired) electrons. The molecule has 4 aromatic rings. The van der Waals surface area contributed by atoms with Crippen LogP contribution < -0.4 is 10.5 Å². The Morgan fingerprint density at radius 2 is 1.65 bits per heavy atom. The van der Waals surface area contributed by atoms with E-state index >= 15 is 0 Å². The number of rotatable bonds is 5. The van der Waals surface area contributed by atoms with Gasteiger partial charge in [-0.1, -0.05) is 18.2 Å². The number of imide groups is 1.